The lowest BCUT2D eigenvalue weighted by Gasteiger charge is -2.38. The highest BCUT2D eigenvalue weighted by Crippen LogP contribution is 2.36. The van der Waals surface area contributed by atoms with E-state index in [1.54, 1.807) is 5.38 Å². The van der Waals surface area contributed by atoms with Crippen molar-refractivity contribution in [1.82, 2.24) is 4.98 Å². The van der Waals surface area contributed by atoms with E-state index < -0.39 is 0 Å². The largest absolute Gasteiger partial charge is 0.464 e. The zero-order valence-electron chi connectivity index (χ0n) is 12.1. The molecular weight excluding hydrogens is 260 g/mol. The second-order valence-corrected chi connectivity index (χ2v) is 6.97. The maximum atomic E-state index is 11.4. The fourth-order valence-electron chi connectivity index (χ4n) is 2.54. The third-order valence-corrected chi connectivity index (χ3v) is 4.78. The van der Waals surface area contributed by atoms with Crippen LogP contribution >= 0.6 is 11.3 Å². The molecule has 4 nitrogen and oxygen atoms in total. The molecule has 0 bridgehead atoms. The molecule has 106 valence electrons. The van der Waals surface area contributed by atoms with Crippen LogP contribution in [-0.4, -0.2) is 31.2 Å². The number of rotatable bonds is 2. The van der Waals surface area contributed by atoms with E-state index in [9.17, 15) is 4.79 Å². The average Bonchev–Trinajstić information content (AvgIpc) is 2.86. The van der Waals surface area contributed by atoms with Crippen LogP contribution in [0.1, 0.15) is 44.1 Å². The van der Waals surface area contributed by atoms with Crippen LogP contribution in [0.4, 0.5) is 5.13 Å². The molecule has 0 radical (unpaired) electrons. The lowest BCUT2D eigenvalue weighted by molar-refractivity contribution is 0.0595. The number of piperidine rings is 1. The van der Waals surface area contributed by atoms with Crippen molar-refractivity contribution in [3.63, 3.8) is 0 Å². The fourth-order valence-corrected chi connectivity index (χ4v) is 3.39. The van der Waals surface area contributed by atoms with Crippen molar-refractivity contribution in [3.05, 3.63) is 11.1 Å². The number of nitrogens with zero attached hydrogens (tertiary/aromatic N) is 2. The Labute approximate surface area is 118 Å². The Hall–Kier alpha value is -1.10. The summed E-state index contributed by atoms with van der Waals surface area (Å²) in [7, 11) is 1.39. The van der Waals surface area contributed by atoms with E-state index in [1.807, 2.05) is 0 Å². The molecule has 1 saturated heterocycles. The van der Waals surface area contributed by atoms with Crippen LogP contribution in [0.25, 0.3) is 0 Å². The zero-order chi connectivity index (χ0) is 14.0. The van der Waals surface area contributed by atoms with Gasteiger partial charge in [-0.2, -0.15) is 0 Å². The van der Waals surface area contributed by atoms with Gasteiger partial charge in [0, 0.05) is 18.5 Å². The molecule has 0 spiro atoms. The second kappa shape index (κ2) is 5.49. The summed E-state index contributed by atoms with van der Waals surface area (Å²) >= 11 is 1.52. The van der Waals surface area contributed by atoms with E-state index in [0.717, 1.165) is 24.1 Å². The first-order chi connectivity index (χ1) is 8.91. The minimum atomic E-state index is -0.355. The van der Waals surface area contributed by atoms with E-state index in [0.29, 0.717) is 11.1 Å². The standard InChI is InChI=1S/C14H22N2O2S/c1-14(2,3)10-5-7-16(8-6-10)13-15-11(9-19-13)12(17)18-4/h9-10H,5-8H2,1-4H3. The number of aromatic nitrogens is 1. The second-order valence-electron chi connectivity index (χ2n) is 6.13. The topological polar surface area (TPSA) is 42.4 Å². The van der Waals surface area contributed by atoms with Gasteiger partial charge in [0.25, 0.3) is 0 Å². The van der Waals surface area contributed by atoms with Crippen LogP contribution in [0.5, 0.6) is 0 Å². The van der Waals surface area contributed by atoms with Gasteiger partial charge in [0.2, 0.25) is 0 Å². The monoisotopic (exact) mass is 282 g/mol. The van der Waals surface area contributed by atoms with Crippen LogP contribution in [0.15, 0.2) is 5.38 Å². The number of esters is 1. The van der Waals surface area contributed by atoms with Crippen molar-refractivity contribution in [1.29, 1.82) is 0 Å². The predicted octanol–water partition coefficient (Wildman–Crippen LogP) is 3.19. The summed E-state index contributed by atoms with van der Waals surface area (Å²) in [5.41, 5.74) is 0.798. The van der Waals surface area contributed by atoms with Gasteiger partial charge < -0.3 is 9.64 Å². The van der Waals surface area contributed by atoms with E-state index in [1.165, 1.54) is 31.3 Å². The molecule has 2 heterocycles. The summed E-state index contributed by atoms with van der Waals surface area (Å²) in [5, 5.41) is 2.71. The minimum Gasteiger partial charge on any atom is -0.464 e. The SMILES string of the molecule is COC(=O)c1csc(N2CCC(C(C)(C)C)CC2)n1. The zero-order valence-corrected chi connectivity index (χ0v) is 12.9. The van der Waals surface area contributed by atoms with E-state index >= 15 is 0 Å². The van der Waals surface area contributed by atoms with Crippen LogP contribution in [0.2, 0.25) is 0 Å². The molecule has 1 aromatic heterocycles. The molecule has 1 aromatic rings. The van der Waals surface area contributed by atoms with Crippen molar-refractivity contribution in [2.45, 2.75) is 33.6 Å². The summed E-state index contributed by atoms with van der Waals surface area (Å²) in [6, 6.07) is 0. The van der Waals surface area contributed by atoms with Gasteiger partial charge in [-0.15, -0.1) is 11.3 Å². The molecule has 0 N–H and O–H groups in total. The molecule has 1 aliphatic rings. The molecule has 0 atom stereocenters. The predicted molar refractivity (Wildman–Crippen MR) is 77.8 cm³/mol. The first-order valence-electron chi connectivity index (χ1n) is 6.70. The third-order valence-electron chi connectivity index (χ3n) is 3.88. The quantitative estimate of drug-likeness (QED) is 0.781. The lowest BCUT2D eigenvalue weighted by Crippen LogP contribution is -2.38. The molecule has 1 aliphatic heterocycles. The molecule has 0 saturated carbocycles. The Balaban J connectivity index is 1.98. The number of carbonyl (C=O) groups is 1. The van der Waals surface area contributed by atoms with Gasteiger partial charge in [0.15, 0.2) is 10.8 Å². The number of hydrogen-bond acceptors (Lipinski definition) is 5. The van der Waals surface area contributed by atoms with Crippen LogP contribution in [0.3, 0.4) is 0 Å². The fraction of sp³-hybridized carbons (Fsp3) is 0.714. The van der Waals surface area contributed by atoms with Crippen molar-refractivity contribution in [3.8, 4) is 0 Å². The van der Waals surface area contributed by atoms with Gasteiger partial charge in [-0.1, -0.05) is 20.8 Å². The number of anilines is 1. The Morgan fingerprint density at radius 1 is 1.42 bits per heavy atom. The summed E-state index contributed by atoms with van der Waals surface area (Å²) in [6.45, 7) is 8.98. The van der Waals surface area contributed by atoms with Crippen LogP contribution in [-0.2, 0) is 4.74 Å². The van der Waals surface area contributed by atoms with Crippen molar-refractivity contribution < 1.29 is 9.53 Å². The molecule has 5 heteroatoms. The number of carbonyl (C=O) groups excluding carboxylic acids is 1. The number of methoxy groups -OCH3 is 1. The van der Waals surface area contributed by atoms with Crippen LogP contribution in [0, 0.1) is 11.3 Å². The average molecular weight is 282 g/mol. The van der Waals surface area contributed by atoms with E-state index in [4.69, 9.17) is 0 Å². The Morgan fingerprint density at radius 2 is 2.05 bits per heavy atom. The molecule has 2 rings (SSSR count). The Kier molecular flexibility index (Phi) is 4.13. The summed E-state index contributed by atoms with van der Waals surface area (Å²) in [6.07, 6.45) is 2.38. The summed E-state index contributed by atoms with van der Waals surface area (Å²) < 4.78 is 4.69. The highest BCUT2D eigenvalue weighted by Gasteiger charge is 2.29. The Morgan fingerprint density at radius 3 is 2.58 bits per heavy atom. The normalized spacial score (nSPS) is 17.6. The highest BCUT2D eigenvalue weighted by molar-refractivity contribution is 7.13. The van der Waals surface area contributed by atoms with Crippen LogP contribution < -0.4 is 4.90 Å². The minimum absolute atomic E-state index is 0.355. The third kappa shape index (κ3) is 3.26. The number of hydrogen-bond donors (Lipinski definition) is 0. The number of ether oxygens (including phenoxy) is 1. The van der Waals surface area contributed by atoms with Crippen molar-refractivity contribution in [2.24, 2.45) is 11.3 Å². The summed E-state index contributed by atoms with van der Waals surface area (Å²) in [4.78, 5) is 18.0. The molecular formula is C14H22N2O2S. The molecule has 0 aliphatic carbocycles. The van der Waals surface area contributed by atoms with Gasteiger partial charge >= 0.3 is 5.97 Å². The summed E-state index contributed by atoms with van der Waals surface area (Å²) in [5.74, 6) is 0.413. The van der Waals surface area contributed by atoms with E-state index in [2.05, 4.69) is 35.4 Å². The smallest absolute Gasteiger partial charge is 0.357 e. The molecule has 0 amide bonds. The Bertz CT molecular complexity index is 443. The highest BCUT2D eigenvalue weighted by atomic mass is 32.1. The van der Waals surface area contributed by atoms with E-state index in [-0.39, 0.29) is 5.97 Å². The van der Waals surface area contributed by atoms with Gasteiger partial charge in [0.05, 0.1) is 7.11 Å². The van der Waals surface area contributed by atoms with Gasteiger partial charge in [-0.05, 0) is 24.2 Å². The first kappa shape index (κ1) is 14.3. The molecule has 0 aromatic carbocycles. The van der Waals surface area contributed by atoms with Crippen molar-refractivity contribution >= 4 is 22.4 Å². The van der Waals surface area contributed by atoms with Crippen molar-refractivity contribution in [2.75, 3.05) is 25.1 Å². The molecule has 0 unspecified atom stereocenters. The first-order valence-corrected chi connectivity index (χ1v) is 7.58. The van der Waals surface area contributed by atoms with Gasteiger partial charge in [-0.3, -0.25) is 0 Å². The molecule has 1 fully saturated rings. The van der Waals surface area contributed by atoms with Gasteiger partial charge in [-0.25, -0.2) is 9.78 Å². The lowest BCUT2D eigenvalue weighted by atomic mass is 9.75. The van der Waals surface area contributed by atoms with Gasteiger partial charge in [0.1, 0.15) is 0 Å². The maximum Gasteiger partial charge on any atom is 0.357 e. The number of thiazole rings is 1. The maximum absolute atomic E-state index is 11.4. The molecule has 19 heavy (non-hydrogen) atoms.